The quantitative estimate of drug-likeness (QED) is 0.819. The van der Waals surface area contributed by atoms with Crippen LogP contribution in [0.1, 0.15) is 28.8 Å². The lowest BCUT2D eigenvalue weighted by Gasteiger charge is -2.18. The summed E-state index contributed by atoms with van der Waals surface area (Å²) in [5, 5.41) is 0. The van der Waals surface area contributed by atoms with E-state index in [9.17, 15) is 18.0 Å². The van der Waals surface area contributed by atoms with Crippen molar-refractivity contribution >= 4 is 21.8 Å². The molecular formula is C13H13BrF3NO. The highest BCUT2D eigenvalue weighted by Gasteiger charge is 2.34. The number of carbonyl (C=O) groups excluding carboxylic acids is 1. The van der Waals surface area contributed by atoms with E-state index in [-0.39, 0.29) is 15.9 Å². The Morgan fingerprint density at radius 2 is 2.05 bits per heavy atom. The predicted octanol–water partition coefficient (Wildman–Crippen LogP) is 3.95. The molecule has 0 unspecified atom stereocenters. The van der Waals surface area contributed by atoms with Crippen molar-refractivity contribution in [1.29, 1.82) is 0 Å². The van der Waals surface area contributed by atoms with E-state index in [0.717, 1.165) is 18.9 Å². The molecule has 0 heterocycles. The number of hydrogen-bond acceptors (Lipinski definition) is 1. The molecule has 1 aliphatic rings. The van der Waals surface area contributed by atoms with E-state index in [2.05, 4.69) is 15.9 Å². The van der Waals surface area contributed by atoms with Crippen LogP contribution in [0.25, 0.3) is 0 Å². The topological polar surface area (TPSA) is 20.3 Å². The third-order valence-electron chi connectivity index (χ3n) is 3.09. The highest BCUT2D eigenvalue weighted by atomic mass is 79.9. The van der Waals surface area contributed by atoms with Gasteiger partial charge in [0.2, 0.25) is 0 Å². The number of carbonyl (C=O) groups is 1. The molecule has 2 nitrogen and oxygen atoms in total. The molecule has 0 atom stereocenters. The molecule has 0 aliphatic heterocycles. The number of rotatable bonds is 3. The summed E-state index contributed by atoms with van der Waals surface area (Å²) in [6.07, 6.45) is -2.29. The molecule has 2 rings (SSSR count). The molecule has 0 N–H and O–H groups in total. The van der Waals surface area contributed by atoms with E-state index < -0.39 is 11.7 Å². The Balaban J connectivity index is 2.22. The summed E-state index contributed by atoms with van der Waals surface area (Å²) in [5.74, 6) is 0.136. The molecule has 1 fully saturated rings. The van der Waals surface area contributed by atoms with Gasteiger partial charge in [-0.3, -0.25) is 4.79 Å². The number of amides is 1. The second kappa shape index (κ2) is 5.15. The molecule has 0 spiro atoms. The Bertz CT molecular complexity index is 497. The molecule has 0 radical (unpaired) electrons. The van der Waals surface area contributed by atoms with Crippen molar-refractivity contribution in [2.45, 2.75) is 19.0 Å². The molecule has 0 bridgehead atoms. The highest BCUT2D eigenvalue weighted by Crippen LogP contribution is 2.35. The van der Waals surface area contributed by atoms with Crippen molar-refractivity contribution in [2.75, 3.05) is 13.6 Å². The normalized spacial score (nSPS) is 15.4. The summed E-state index contributed by atoms with van der Waals surface area (Å²) in [6.45, 7) is 0.607. The third-order valence-corrected chi connectivity index (χ3v) is 3.79. The van der Waals surface area contributed by atoms with Crippen molar-refractivity contribution in [1.82, 2.24) is 4.90 Å². The smallest absolute Gasteiger partial charge is 0.341 e. The zero-order valence-corrected chi connectivity index (χ0v) is 11.9. The molecule has 0 saturated heterocycles. The van der Waals surface area contributed by atoms with Crippen LogP contribution >= 0.6 is 15.9 Å². The average Bonchev–Trinajstić information content (AvgIpc) is 3.11. The highest BCUT2D eigenvalue weighted by molar-refractivity contribution is 9.10. The van der Waals surface area contributed by atoms with Crippen molar-refractivity contribution in [3.05, 3.63) is 33.8 Å². The minimum atomic E-state index is -4.47. The summed E-state index contributed by atoms with van der Waals surface area (Å²) < 4.78 is 38.2. The lowest BCUT2D eigenvalue weighted by molar-refractivity contribution is -0.138. The standard InChI is InChI=1S/C13H13BrF3NO/c1-18(7-8-2-3-8)12(19)9-4-5-11(14)10(6-9)13(15,16)17/h4-6,8H,2-3,7H2,1H3. The van der Waals surface area contributed by atoms with Gasteiger partial charge in [0, 0.05) is 23.6 Å². The van der Waals surface area contributed by atoms with Crippen LogP contribution in [-0.2, 0) is 6.18 Å². The second-order valence-electron chi connectivity index (χ2n) is 4.82. The van der Waals surface area contributed by atoms with E-state index >= 15 is 0 Å². The minimum Gasteiger partial charge on any atom is -0.341 e. The van der Waals surface area contributed by atoms with Crippen molar-refractivity contribution < 1.29 is 18.0 Å². The van der Waals surface area contributed by atoms with Crippen molar-refractivity contribution in [3.8, 4) is 0 Å². The zero-order chi connectivity index (χ0) is 14.2. The summed E-state index contributed by atoms with van der Waals surface area (Å²) in [4.78, 5) is 13.5. The van der Waals surface area contributed by atoms with Gasteiger partial charge in [-0.15, -0.1) is 0 Å². The monoisotopic (exact) mass is 335 g/mol. The molecule has 1 aliphatic carbocycles. The summed E-state index contributed by atoms with van der Waals surface area (Å²) in [5.41, 5.74) is -0.753. The van der Waals surface area contributed by atoms with Crippen LogP contribution in [0.3, 0.4) is 0 Å². The molecule has 19 heavy (non-hydrogen) atoms. The fraction of sp³-hybridized carbons (Fsp3) is 0.462. The van der Waals surface area contributed by atoms with Gasteiger partial charge in [-0.2, -0.15) is 13.2 Å². The van der Waals surface area contributed by atoms with Gasteiger partial charge in [0.05, 0.1) is 5.56 Å². The van der Waals surface area contributed by atoms with Crippen LogP contribution < -0.4 is 0 Å². The molecule has 0 aromatic heterocycles. The fourth-order valence-corrected chi connectivity index (χ4v) is 2.34. The third kappa shape index (κ3) is 3.49. The Kier molecular flexibility index (Phi) is 3.90. The Morgan fingerprint density at radius 1 is 1.42 bits per heavy atom. The predicted molar refractivity (Wildman–Crippen MR) is 68.8 cm³/mol. The molecule has 1 saturated carbocycles. The van der Waals surface area contributed by atoms with E-state index in [1.807, 2.05) is 0 Å². The van der Waals surface area contributed by atoms with Gasteiger partial charge in [-0.1, -0.05) is 15.9 Å². The van der Waals surface area contributed by atoms with Gasteiger partial charge >= 0.3 is 6.18 Å². The molecule has 6 heteroatoms. The number of alkyl halides is 3. The van der Waals surface area contributed by atoms with E-state index in [4.69, 9.17) is 0 Å². The largest absolute Gasteiger partial charge is 0.417 e. The first-order valence-electron chi connectivity index (χ1n) is 5.91. The van der Waals surface area contributed by atoms with Gasteiger partial charge in [0.1, 0.15) is 0 Å². The zero-order valence-electron chi connectivity index (χ0n) is 10.3. The van der Waals surface area contributed by atoms with Crippen LogP contribution in [0, 0.1) is 5.92 Å². The van der Waals surface area contributed by atoms with E-state index in [1.54, 1.807) is 7.05 Å². The molecule has 1 aromatic rings. The van der Waals surface area contributed by atoms with Crippen LogP contribution in [0.5, 0.6) is 0 Å². The van der Waals surface area contributed by atoms with Crippen molar-refractivity contribution in [3.63, 3.8) is 0 Å². The Labute approximate surface area is 117 Å². The first-order chi connectivity index (χ1) is 8.79. The summed E-state index contributed by atoms with van der Waals surface area (Å²) in [7, 11) is 1.62. The summed E-state index contributed by atoms with van der Waals surface area (Å²) >= 11 is 2.86. The second-order valence-corrected chi connectivity index (χ2v) is 5.68. The Morgan fingerprint density at radius 3 is 2.58 bits per heavy atom. The van der Waals surface area contributed by atoms with Gasteiger partial charge in [0.15, 0.2) is 0 Å². The lowest BCUT2D eigenvalue weighted by atomic mass is 10.1. The number of nitrogens with zero attached hydrogens (tertiary/aromatic N) is 1. The van der Waals surface area contributed by atoms with Crippen molar-refractivity contribution in [2.24, 2.45) is 5.92 Å². The molecule has 1 aromatic carbocycles. The van der Waals surface area contributed by atoms with Crippen LogP contribution in [0.15, 0.2) is 22.7 Å². The van der Waals surface area contributed by atoms with Gasteiger partial charge in [0.25, 0.3) is 5.91 Å². The van der Waals surface area contributed by atoms with Crippen LogP contribution in [0.4, 0.5) is 13.2 Å². The summed E-state index contributed by atoms with van der Waals surface area (Å²) in [6, 6.07) is 3.57. The van der Waals surface area contributed by atoms with E-state index in [1.165, 1.54) is 17.0 Å². The van der Waals surface area contributed by atoms with Crippen LogP contribution in [0.2, 0.25) is 0 Å². The maximum atomic E-state index is 12.8. The van der Waals surface area contributed by atoms with E-state index in [0.29, 0.717) is 12.5 Å². The molecular weight excluding hydrogens is 323 g/mol. The first-order valence-corrected chi connectivity index (χ1v) is 6.70. The van der Waals surface area contributed by atoms with Crippen LogP contribution in [-0.4, -0.2) is 24.4 Å². The number of hydrogen-bond donors (Lipinski definition) is 0. The van der Waals surface area contributed by atoms with Gasteiger partial charge in [-0.25, -0.2) is 0 Å². The molecule has 1 amide bonds. The maximum Gasteiger partial charge on any atom is 0.417 e. The average molecular weight is 336 g/mol. The maximum absolute atomic E-state index is 12.8. The van der Waals surface area contributed by atoms with Gasteiger partial charge < -0.3 is 4.90 Å². The minimum absolute atomic E-state index is 0.0543. The number of halogens is 4. The lowest BCUT2D eigenvalue weighted by Crippen LogP contribution is -2.29. The Hall–Kier alpha value is -1.04. The molecule has 104 valence electrons. The fourth-order valence-electron chi connectivity index (χ4n) is 1.87. The first kappa shape index (κ1) is 14.4. The van der Waals surface area contributed by atoms with Gasteiger partial charge in [-0.05, 0) is 37.0 Å². The SMILES string of the molecule is CN(CC1CC1)C(=O)c1ccc(Br)c(C(F)(F)F)c1. The number of benzene rings is 1.